The Labute approximate surface area is 233 Å². The van der Waals surface area contributed by atoms with E-state index in [2.05, 4.69) is 7.05 Å². The van der Waals surface area contributed by atoms with Crippen molar-refractivity contribution in [3.8, 4) is 0 Å². The lowest BCUT2D eigenvalue weighted by Gasteiger charge is -2.37. The standard InChI is InChI=1S/C24H30ClN3O3S.C2HF3O2/c1-27(2)22(30)5-4-11-28(3)12-10-19-21(15-28)32-20(23(19)24(26)31)14-18(29)13-16-6-8-17(25)9-7-16;3-2(4,5)1(6)7/h6-9H,4-5,10-15H2,1-3H3,(H-,26,31);(H,6,7)/p+1. The number of carboxylic acid groups (broad SMARTS) is 1. The SMILES string of the molecule is CN(C)C(=O)CCC[N+]1(C)CCc2c(sc(CC(=O)Cc3ccc(Cl)cc3)c2C(N)=O)C1.O=C(O)C(F)(F)F. The smallest absolute Gasteiger partial charge is 0.475 e. The molecular formula is C26H32ClF3N3O5S+. The second-order valence-corrected chi connectivity index (χ2v) is 11.5. The second-order valence-electron chi connectivity index (χ2n) is 9.85. The maximum Gasteiger partial charge on any atom is 0.490 e. The van der Waals surface area contributed by atoms with Crippen LogP contribution < -0.4 is 5.73 Å². The van der Waals surface area contributed by atoms with Gasteiger partial charge in [0.25, 0.3) is 0 Å². The third-order valence-corrected chi connectivity index (χ3v) is 7.81. The van der Waals surface area contributed by atoms with E-state index in [4.69, 9.17) is 27.2 Å². The van der Waals surface area contributed by atoms with Crippen molar-refractivity contribution in [2.24, 2.45) is 5.73 Å². The normalized spacial score (nSPS) is 16.5. The van der Waals surface area contributed by atoms with Gasteiger partial charge < -0.3 is 20.2 Å². The Morgan fingerprint density at radius 1 is 1.13 bits per heavy atom. The Bertz CT molecular complexity index is 1210. The van der Waals surface area contributed by atoms with Gasteiger partial charge in [-0.25, -0.2) is 4.79 Å². The fraction of sp³-hybridized carbons (Fsp3) is 0.462. The van der Waals surface area contributed by atoms with Crippen LogP contribution in [0.15, 0.2) is 24.3 Å². The first-order chi connectivity index (χ1) is 18.0. The fourth-order valence-corrected chi connectivity index (χ4v) is 5.96. The summed E-state index contributed by atoms with van der Waals surface area (Å²) in [6.45, 7) is 2.58. The summed E-state index contributed by atoms with van der Waals surface area (Å²) in [4.78, 5) is 49.3. The molecule has 1 atom stereocenters. The van der Waals surface area contributed by atoms with E-state index in [0.717, 1.165) is 57.8 Å². The van der Waals surface area contributed by atoms with Crippen LogP contribution in [-0.4, -0.2) is 78.5 Å². The fourth-order valence-electron chi connectivity index (χ4n) is 4.28. The largest absolute Gasteiger partial charge is 0.490 e. The number of quaternary nitrogens is 1. The minimum Gasteiger partial charge on any atom is -0.475 e. The van der Waals surface area contributed by atoms with E-state index >= 15 is 0 Å². The van der Waals surface area contributed by atoms with Crippen molar-refractivity contribution in [2.45, 2.75) is 44.8 Å². The van der Waals surface area contributed by atoms with Crippen molar-refractivity contribution in [3.63, 3.8) is 0 Å². The number of ketones is 1. The maximum atomic E-state index is 12.7. The first kappa shape index (κ1) is 32.3. The average Bonchev–Trinajstić information content (AvgIpc) is 3.16. The number of alkyl halides is 3. The number of Topliss-reactive ketones (excluding diaryl/α,β-unsaturated/α-hetero) is 1. The van der Waals surface area contributed by atoms with Crippen LogP contribution in [0.5, 0.6) is 0 Å². The molecule has 39 heavy (non-hydrogen) atoms. The van der Waals surface area contributed by atoms with Gasteiger partial charge >= 0.3 is 12.1 Å². The maximum absolute atomic E-state index is 12.7. The van der Waals surface area contributed by atoms with Gasteiger partial charge in [0.05, 0.1) is 30.6 Å². The number of likely N-dealkylation sites (N-methyl/N-ethyl adjacent to an activating group) is 1. The monoisotopic (exact) mass is 590 g/mol. The number of aliphatic carboxylic acids is 1. The number of carbonyl (C=O) groups is 4. The van der Waals surface area contributed by atoms with Gasteiger partial charge in [0.15, 0.2) is 0 Å². The third kappa shape index (κ3) is 9.63. The Hall–Kier alpha value is -2.96. The van der Waals surface area contributed by atoms with Crippen LogP contribution >= 0.6 is 22.9 Å². The molecule has 3 rings (SSSR count). The Morgan fingerprint density at radius 3 is 2.23 bits per heavy atom. The number of thiophene rings is 1. The first-order valence-corrected chi connectivity index (χ1v) is 13.2. The summed E-state index contributed by atoms with van der Waals surface area (Å²) in [7, 11) is 5.75. The van der Waals surface area contributed by atoms with Gasteiger partial charge in [0.1, 0.15) is 12.3 Å². The number of halogens is 4. The number of hydrogen-bond acceptors (Lipinski definition) is 5. The summed E-state index contributed by atoms with van der Waals surface area (Å²) < 4.78 is 32.6. The topological polar surface area (TPSA) is 118 Å². The summed E-state index contributed by atoms with van der Waals surface area (Å²) in [5.41, 5.74) is 8.19. The van der Waals surface area contributed by atoms with E-state index in [-0.39, 0.29) is 18.1 Å². The molecule has 1 aliphatic heterocycles. The second kappa shape index (κ2) is 13.4. The summed E-state index contributed by atoms with van der Waals surface area (Å²) in [6.07, 6.45) is -2.46. The number of carboxylic acids is 1. The molecule has 2 amide bonds. The van der Waals surface area contributed by atoms with E-state index in [0.29, 0.717) is 23.4 Å². The van der Waals surface area contributed by atoms with E-state index in [1.807, 2.05) is 12.1 Å². The highest BCUT2D eigenvalue weighted by Gasteiger charge is 2.38. The van der Waals surface area contributed by atoms with Crippen LogP contribution in [0.25, 0.3) is 0 Å². The van der Waals surface area contributed by atoms with Crippen molar-refractivity contribution in [3.05, 3.63) is 55.7 Å². The number of nitrogens with two attached hydrogens (primary N) is 1. The summed E-state index contributed by atoms with van der Waals surface area (Å²) in [5, 5.41) is 7.76. The van der Waals surface area contributed by atoms with Crippen LogP contribution in [0, 0.1) is 0 Å². The van der Waals surface area contributed by atoms with Gasteiger partial charge in [-0.15, -0.1) is 11.3 Å². The number of fused-ring (bicyclic) bond motifs is 1. The minimum atomic E-state index is -5.08. The number of carbonyl (C=O) groups excluding carboxylic acids is 3. The van der Waals surface area contributed by atoms with E-state index < -0.39 is 18.1 Å². The van der Waals surface area contributed by atoms with Crippen molar-refractivity contribution in [1.29, 1.82) is 0 Å². The molecule has 0 fully saturated rings. The molecule has 3 N–H and O–H groups in total. The van der Waals surface area contributed by atoms with Gasteiger partial charge in [-0.2, -0.15) is 13.2 Å². The zero-order chi connectivity index (χ0) is 29.5. The number of primary amides is 1. The molecule has 0 bridgehead atoms. The van der Waals surface area contributed by atoms with E-state index in [1.54, 1.807) is 42.5 Å². The van der Waals surface area contributed by atoms with Crippen LogP contribution in [0.3, 0.4) is 0 Å². The Kier molecular flexibility index (Phi) is 11.1. The molecule has 13 heteroatoms. The highest BCUT2D eigenvalue weighted by Crippen LogP contribution is 2.36. The predicted octanol–water partition coefficient (Wildman–Crippen LogP) is 3.86. The first-order valence-electron chi connectivity index (χ1n) is 12.1. The molecule has 8 nitrogen and oxygen atoms in total. The van der Waals surface area contributed by atoms with Crippen molar-refractivity contribution >= 4 is 46.5 Å². The lowest BCUT2D eigenvalue weighted by molar-refractivity contribution is -0.924. The number of hydrogen-bond donors (Lipinski definition) is 2. The van der Waals surface area contributed by atoms with Gasteiger partial charge in [-0.3, -0.25) is 14.4 Å². The van der Waals surface area contributed by atoms with Gasteiger partial charge in [-0.05, 0) is 23.3 Å². The number of rotatable bonds is 9. The molecule has 0 spiro atoms. The predicted molar refractivity (Wildman–Crippen MR) is 142 cm³/mol. The lowest BCUT2D eigenvalue weighted by atomic mass is 9.97. The van der Waals surface area contributed by atoms with Crippen molar-refractivity contribution < 1.29 is 41.9 Å². The Balaban J connectivity index is 0.000000673. The van der Waals surface area contributed by atoms with Crippen LogP contribution in [-0.2, 0) is 40.2 Å². The molecule has 1 aliphatic rings. The molecule has 1 unspecified atom stereocenters. The molecule has 0 saturated heterocycles. The molecule has 0 radical (unpaired) electrons. The molecule has 1 aromatic carbocycles. The van der Waals surface area contributed by atoms with Crippen molar-refractivity contribution in [2.75, 3.05) is 34.2 Å². The zero-order valence-corrected chi connectivity index (χ0v) is 23.5. The highest BCUT2D eigenvalue weighted by atomic mass is 35.5. The average molecular weight is 591 g/mol. The van der Waals surface area contributed by atoms with Gasteiger partial charge in [0.2, 0.25) is 11.8 Å². The number of amides is 2. The molecule has 0 saturated carbocycles. The lowest BCUT2D eigenvalue weighted by Crippen LogP contribution is -2.48. The van der Waals surface area contributed by atoms with Crippen LogP contribution in [0.4, 0.5) is 13.2 Å². The van der Waals surface area contributed by atoms with Gasteiger partial charge in [-0.1, -0.05) is 23.7 Å². The molecule has 214 valence electrons. The zero-order valence-electron chi connectivity index (χ0n) is 21.9. The molecular weight excluding hydrogens is 559 g/mol. The van der Waals surface area contributed by atoms with Crippen LogP contribution in [0.1, 0.15) is 44.1 Å². The third-order valence-electron chi connectivity index (χ3n) is 6.34. The van der Waals surface area contributed by atoms with E-state index in [1.165, 1.54) is 0 Å². The molecule has 1 aromatic heterocycles. The summed E-state index contributed by atoms with van der Waals surface area (Å²) >= 11 is 7.47. The van der Waals surface area contributed by atoms with Gasteiger partial charge in [0, 0.05) is 56.1 Å². The molecule has 2 heterocycles. The molecule has 2 aromatic rings. The Morgan fingerprint density at radius 2 is 1.72 bits per heavy atom. The summed E-state index contributed by atoms with van der Waals surface area (Å²) in [6, 6.07) is 7.23. The number of nitrogens with zero attached hydrogens (tertiary/aromatic N) is 2. The quantitative estimate of drug-likeness (QED) is 0.430. The van der Waals surface area contributed by atoms with Crippen LogP contribution in [0.2, 0.25) is 5.02 Å². The molecule has 0 aliphatic carbocycles. The highest BCUT2D eigenvalue weighted by molar-refractivity contribution is 7.12. The van der Waals surface area contributed by atoms with E-state index in [9.17, 15) is 27.6 Å². The van der Waals surface area contributed by atoms with Crippen molar-refractivity contribution in [1.82, 2.24) is 4.90 Å². The minimum absolute atomic E-state index is 0.0490. The summed E-state index contributed by atoms with van der Waals surface area (Å²) in [5.74, 6) is -3.02. The number of benzene rings is 1.